The van der Waals surface area contributed by atoms with Crippen LogP contribution in [0.2, 0.25) is 0 Å². The molecule has 0 amide bonds. The van der Waals surface area contributed by atoms with Crippen molar-refractivity contribution in [2.45, 2.75) is 40.0 Å². The van der Waals surface area contributed by atoms with Crippen molar-refractivity contribution in [3.8, 4) is 0 Å². The maximum Gasteiger partial charge on any atom is 0.233 e. The zero-order valence-corrected chi connectivity index (χ0v) is 14.2. The summed E-state index contributed by atoms with van der Waals surface area (Å²) in [5.74, 6) is 0.355. The predicted molar refractivity (Wildman–Crippen MR) is 87.2 cm³/mol. The van der Waals surface area contributed by atoms with Crippen molar-refractivity contribution < 1.29 is 13.2 Å². The molecule has 0 unspecified atom stereocenters. The van der Waals surface area contributed by atoms with Crippen molar-refractivity contribution >= 4 is 21.5 Å². The Hall–Kier alpha value is -1.36. The first-order valence-corrected chi connectivity index (χ1v) is 9.42. The molecule has 4 nitrogen and oxygen atoms in total. The number of hydrogen-bond donors (Lipinski definition) is 1. The molecule has 2 fully saturated rings. The number of rotatable bonds is 4. The van der Waals surface area contributed by atoms with E-state index in [4.69, 9.17) is 0 Å². The van der Waals surface area contributed by atoms with Gasteiger partial charge >= 0.3 is 0 Å². The lowest BCUT2D eigenvalue weighted by atomic mass is 9.70. The van der Waals surface area contributed by atoms with Crippen LogP contribution in [0.3, 0.4) is 0 Å². The Labute approximate surface area is 132 Å². The second-order valence-corrected chi connectivity index (χ2v) is 9.12. The van der Waals surface area contributed by atoms with E-state index in [2.05, 4.69) is 18.6 Å². The molecule has 0 radical (unpaired) electrons. The molecule has 1 aromatic rings. The van der Waals surface area contributed by atoms with E-state index in [-0.39, 0.29) is 17.0 Å². The van der Waals surface area contributed by atoms with Crippen LogP contribution in [0.15, 0.2) is 24.3 Å². The first-order chi connectivity index (χ1) is 10.2. The minimum Gasteiger partial charge on any atom is -0.299 e. The summed E-state index contributed by atoms with van der Waals surface area (Å²) in [6, 6.07) is 7.28. The fourth-order valence-electron chi connectivity index (χ4n) is 4.36. The van der Waals surface area contributed by atoms with Crippen LogP contribution < -0.4 is 4.72 Å². The van der Waals surface area contributed by atoms with E-state index in [0.717, 1.165) is 12.0 Å². The van der Waals surface area contributed by atoms with Gasteiger partial charge in [0.25, 0.3) is 0 Å². The molecule has 0 aliphatic heterocycles. The summed E-state index contributed by atoms with van der Waals surface area (Å²) in [5.41, 5.74) is 0.615. The van der Waals surface area contributed by atoms with Crippen LogP contribution in [-0.2, 0) is 14.8 Å². The molecular weight excluding hydrogens is 298 g/mol. The third-order valence-electron chi connectivity index (χ3n) is 5.87. The summed E-state index contributed by atoms with van der Waals surface area (Å²) in [6.45, 7) is 6.02. The van der Waals surface area contributed by atoms with Gasteiger partial charge in [-0.05, 0) is 48.8 Å². The first kappa shape index (κ1) is 15.5. The molecule has 0 heterocycles. The largest absolute Gasteiger partial charge is 0.299 e. The molecular formula is C17H23NO3S. The van der Waals surface area contributed by atoms with Gasteiger partial charge in [-0.3, -0.25) is 9.52 Å². The van der Waals surface area contributed by atoms with Crippen LogP contribution in [-0.4, -0.2) is 20.0 Å². The molecule has 3 rings (SSSR count). The standard InChI is InChI=1S/C17H23NO3S/c1-12-5-4-6-14(9-12)18-22(20,21)11-17-8-7-13(10-15(17)19)16(17,2)3/h4-6,9,13,18H,7-8,10-11H2,1-3H3/t13-,17+/m1/s1. The number of hydrogen-bond acceptors (Lipinski definition) is 3. The van der Waals surface area contributed by atoms with E-state index in [0.29, 0.717) is 24.4 Å². The molecule has 0 aromatic heterocycles. The highest BCUT2D eigenvalue weighted by molar-refractivity contribution is 7.92. The van der Waals surface area contributed by atoms with E-state index < -0.39 is 15.4 Å². The summed E-state index contributed by atoms with van der Waals surface area (Å²) in [7, 11) is -3.55. The van der Waals surface area contributed by atoms with Crippen molar-refractivity contribution in [2.75, 3.05) is 10.5 Å². The van der Waals surface area contributed by atoms with E-state index in [1.54, 1.807) is 12.1 Å². The van der Waals surface area contributed by atoms with Crippen LogP contribution >= 0.6 is 0 Å². The highest BCUT2D eigenvalue weighted by Gasteiger charge is 2.65. The van der Waals surface area contributed by atoms with Crippen LogP contribution in [0.1, 0.15) is 38.7 Å². The number of fused-ring (bicyclic) bond motifs is 2. The summed E-state index contributed by atoms with van der Waals surface area (Å²) >= 11 is 0. The van der Waals surface area contributed by atoms with Gasteiger partial charge < -0.3 is 0 Å². The number of benzene rings is 1. The Bertz CT molecular complexity index is 723. The van der Waals surface area contributed by atoms with E-state index in [1.807, 2.05) is 19.1 Å². The van der Waals surface area contributed by atoms with Crippen LogP contribution in [0.25, 0.3) is 0 Å². The smallest absolute Gasteiger partial charge is 0.233 e. The lowest BCUT2D eigenvalue weighted by molar-refractivity contribution is -0.128. The number of nitrogens with one attached hydrogen (secondary N) is 1. The maximum absolute atomic E-state index is 12.6. The molecule has 0 saturated heterocycles. The summed E-state index contributed by atoms with van der Waals surface area (Å²) in [6.07, 6.45) is 2.18. The minimum atomic E-state index is -3.55. The number of carbonyl (C=O) groups excluding carboxylic acids is 1. The second-order valence-electron chi connectivity index (χ2n) is 7.40. The van der Waals surface area contributed by atoms with E-state index in [9.17, 15) is 13.2 Å². The first-order valence-electron chi connectivity index (χ1n) is 7.77. The lowest BCUT2D eigenvalue weighted by Crippen LogP contribution is -2.43. The summed E-state index contributed by atoms with van der Waals surface area (Å²) in [4.78, 5) is 12.5. The lowest BCUT2D eigenvalue weighted by Gasteiger charge is -2.36. The van der Waals surface area contributed by atoms with Crippen molar-refractivity contribution in [3.63, 3.8) is 0 Å². The highest BCUT2D eigenvalue weighted by atomic mass is 32.2. The molecule has 22 heavy (non-hydrogen) atoms. The predicted octanol–water partition coefficient (Wildman–Crippen LogP) is 3.13. The van der Waals surface area contributed by atoms with Crippen molar-refractivity contribution in [2.24, 2.45) is 16.7 Å². The van der Waals surface area contributed by atoms with Crippen molar-refractivity contribution in [1.82, 2.24) is 0 Å². The van der Waals surface area contributed by atoms with E-state index >= 15 is 0 Å². The molecule has 120 valence electrons. The molecule has 0 spiro atoms. The number of Topliss-reactive ketones (excluding diaryl/α,β-unsaturated/α-hetero) is 1. The molecule has 2 aliphatic rings. The minimum absolute atomic E-state index is 0.101. The SMILES string of the molecule is Cc1cccc(NS(=O)(=O)C[C@@]23CC[C@H](CC2=O)C3(C)C)c1. The number of anilines is 1. The van der Waals surface area contributed by atoms with Crippen LogP contribution in [0.5, 0.6) is 0 Å². The molecule has 2 bridgehead atoms. The van der Waals surface area contributed by atoms with E-state index in [1.165, 1.54) is 0 Å². The van der Waals surface area contributed by atoms with Crippen LogP contribution in [0.4, 0.5) is 5.69 Å². The van der Waals surface area contributed by atoms with Gasteiger partial charge in [0.05, 0.1) is 11.2 Å². The van der Waals surface area contributed by atoms with Gasteiger partial charge in [-0.15, -0.1) is 0 Å². The number of aryl methyl sites for hydroxylation is 1. The van der Waals surface area contributed by atoms with Crippen molar-refractivity contribution in [3.05, 3.63) is 29.8 Å². The Kier molecular flexibility index (Phi) is 3.40. The zero-order valence-electron chi connectivity index (χ0n) is 13.3. The monoisotopic (exact) mass is 321 g/mol. The van der Waals surface area contributed by atoms with Gasteiger partial charge in [0, 0.05) is 12.1 Å². The number of carbonyl (C=O) groups is 1. The fourth-order valence-corrected chi connectivity index (χ4v) is 6.24. The Morgan fingerprint density at radius 3 is 2.59 bits per heavy atom. The number of ketones is 1. The second kappa shape index (κ2) is 4.82. The average Bonchev–Trinajstić information content (AvgIpc) is 2.71. The van der Waals surface area contributed by atoms with Crippen LogP contribution in [0, 0.1) is 23.7 Å². The van der Waals surface area contributed by atoms with Gasteiger partial charge in [-0.25, -0.2) is 8.42 Å². The molecule has 2 saturated carbocycles. The fraction of sp³-hybridized carbons (Fsp3) is 0.588. The third kappa shape index (κ3) is 2.26. The topological polar surface area (TPSA) is 63.2 Å². The summed E-state index contributed by atoms with van der Waals surface area (Å²) in [5, 5.41) is 0. The van der Waals surface area contributed by atoms with Gasteiger partial charge in [0.1, 0.15) is 5.78 Å². The molecule has 5 heteroatoms. The molecule has 2 atom stereocenters. The Morgan fingerprint density at radius 1 is 1.32 bits per heavy atom. The Morgan fingerprint density at radius 2 is 2.05 bits per heavy atom. The maximum atomic E-state index is 12.6. The quantitative estimate of drug-likeness (QED) is 0.926. The van der Waals surface area contributed by atoms with Gasteiger partial charge in [0.2, 0.25) is 10.0 Å². The highest BCUT2D eigenvalue weighted by Crippen LogP contribution is 2.64. The van der Waals surface area contributed by atoms with Gasteiger partial charge in [-0.2, -0.15) is 0 Å². The zero-order chi connectivity index (χ0) is 16.2. The van der Waals surface area contributed by atoms with Gasteiger partial charge in [0.15, 0.2) is 0 Å². The van der Waals surface area contributed by atoms with Gasteiger partial charge in [-0.1, -0.05) is 26.0 Å². The molecule has 1 N–H and O–H groups in total. The Balaban J connectivity index is 1.87. The normalized spacial score (nSPS) is 29.8. The third-order valence-corrected chi connectivity index (χ3v) is 7.29. The molecule has 2 aliphatic carbocycles. The number of sulfonamides is 1. The summed E-state index contributed by atoms with van der Waals surface area (Å²) < 4.78 is 27.9. The molecule has 1 aromatic carbocycles. The average molecular weight is 321 g/mol. The van der Waals surface area contributed by atoms with Crippen molar-refractivity contribution in [1.29, 1.82) is 0 Å².